The SMILES string of the molecule is CN1c2ccccc2[Se]c2cc3ccccc3cc21.I. The summed E-state index contributed by atoms with van der Waals surface area (Å²) in [7, 11) is 2.17. The standard InChI is InChI=1S/C17H13NSe.HI/c1-18-14-8-4-5-9-16(14)19-17-11-13-7-3-2-6-12(13)10-15(17)18;/h2-11H,1H3;1H. The van der Waals surface area contributed by atoms with E-state index in [1.165, 1.54) is 31.1 Å². The molecule has 0 radical (unpaired) electrons. The summed E-state index contributed by atoms with van der Waals surface area (Å²) < 4.78 is 2.95. The Kier molecular flexibility index (Phi) is 3.76. The first kappa shape index (κ1) is 13.9. The van der Waals surface area contributed by atoms with E-state index in [9.17, 15) is 0 Å². The summed E-state index contributed by atoms with van der Waals surface area (Å²) in [5, 5.41) is 2.67. The second kappa shape index (κ2) is 5.40. The fraction of sp³-hybridized carbons (Fsp3) is 0.0588. The molecule has 100 valence electrons. The van der Waals surface area contributed by atoms with E-state index >= 15 is 0 Å². The van der Waals surface area contributed by atoms with Gasteiger partial charge in [-0.3, -0.25) is 0 Å². The molecule has 3 aromatic carbocycles. The second-order valence-electron chi connectivity index (χ2n) is 4.80. The van der Waals surface area contributed by atoms with Crippen molar-refractivity contribution < 1.29 is 0 Å². The monoisotopic (exact) mass is 439 g/mol. The van der Waals surface area contributed by atoms with Crippen LogP contribution < -0.4 is 13.8 Å². The predicted molar refractivity (Wildman–Crippen MR) is 98.9 cm³/mol. The van der Waals surface area contributed by atoms with Crippen molar-refractivity contribution in [2.75, 3.05) is 11.9 Å². The number of para-hydroxylation sites is 1. The van der Waals surface area contributed by atoms with Crippen molar-refractivity contribution in [1.82, 2.24) is 0 Å². The van der Waals surface area contributed by atoms with Crippen LogP contribution in [-0.4, -0.2) is 22.0 Å². The summed E-state index contributed by atoms with van der Waals surface area (Å²) >= 11 is 0.405. The van der Waals surface area contributed by atoms with E-state index in [4.69, 9.17) is 0 Å². The van der Waals surface area contributed by atoms with E-state index < -0.39 is 0 Å². The van der Waals surface area contributed by atoms with E-state index in [0.717, 1.165) is 0 Å². The smallest absolute Gasteiger partial charge is 0.107 e. The van der Waals surface area contributed by atoms with Crippen LogP contribution in [0, 0.1) is 0 Å². The van der Waals surface area contributed by atoms with Crippen LogP contribution in [0.4, 0.5) is 11.4 Å². The minimum absolute atomic E-state index is 0. The topological polar surface area (TPSA) is 3.24 Å². The molecule has 1 aliphatic rings. The number of nitrogens with zero attached hydrogens (tertiary/aromatic N) is 1. The Balaban J connectivity index is 0.00000121. The van der Waals surface area contributed by atoms with Gasteiger partial charge in [0.05, 0.1) is 0 Å². The number of anilines is 2. The molecule has 0 saturated carbocycles. The number of fused-ring (bicyclic) bond motifs is 3. The molecule has 0 saturated heterocycles. The number of hydrogen-bond acceptors (Lipinski definition) is 1. The molecule has 0 bridgehead atoms. The van der Waals surface area contributed by atoms with E-state index in [1.807, 2.05) is 0 Å². The van der Waals surface area contributed by atoms with E-state index in [2.05, 4.69) is 72.6 Å². The van der Waals surface area contributed by atoms with Gasteiger partial charge in [-0.2, -0.15) is 0 Å². The van der Waals surface area contributed by atoms with E-state index in [0.29, 0.717) is 15.0 Å². The van der Waals surface area contributed by atoms with Crippen molar-refractivity contribution in [1.29, 1.82) is 0 Å². The Morgan fingerprint density at radius 2 is 1.40 bits per heavy atom. The van der Waals surface area contributed by atoms with Crippen LogP contribution >= 0.6 is 24.0 Å². The molecule has 1 nitrogen and oxygen atoms in total. The van der Waals surface area contributed by atoms with Crippen molar-refractivity contribution in [3.8, 4) is 0 Å². The molecule has 0 N–H and O–H groups in total. The maximum Gasteiger partial charge on any atom is -0.107 e. The van der Waals surface area contributed by atoms with Crippen molar-refractivity contribution in [3.63, 3.8) is 0 Å². The summed E-state index contributed by atoms with van der Waals surface area (Å²) in [6.07, 6.45) is 0. The van der Waals surface area contributed by atoms with Gasteiger partial charge in [-0.1, -0.05) is 0 Å². The zero-order valence-electron chi connectivity index (χ0n) is 11.0. The van der Waals surface area contributed by atoms with Crippen LogP contribution in [0.2, 0.25) is 0 Å². The minimum atomic E-state index is 0. The average Bonchev–Trinajstić information content (AvgIpc) is 2.46. The summed E-state index contributed by atoms with van der Waals surface area (Å²) in [6, 6.07) is 22.0. The third-order valence-corrected chi connectivity index (χ3v) is 5.97. The van der Waals surface area contributed by atoms with E-state index in [1.54, 1.807) is 0 Å². The van der Waals surface area contributed by atoms with Gasteiger partial charge in [-0.05, 0) is 0 Å². The second-order valence-corrected chi connectivity index (χ2v) is 7.07. The van der Waals surface area contributed by atoms with Gasteiger partial charge in [0.1, 0.15) is 0 Å². The molecule has 0 fully saturated rings. The maximum absolute atomic E-state index is 2.36. The summed E-state index contributed by atoms with van der Waals surface area (Å²) in [6.45, 7) is 0. The average molecular weight is 438 g/mol. The number of rotatable bonds is 0. The fourth-order valence-electron chi connectivity index (χ4n) is 2.62. The van der Waals surface area contributed by atoms with Gasteiger partial charge >= 0.3 is 119 Å². The zero-order valence-corrected chi connectivity index (χ0v) is 15.1. The van der Waals surface area contributed by atoms with Gasteiger partial charge in [0.2, 0.25) is 0 Å². The Labute approximate surface area is 142 Å². The van der Waals surface area contributed by atoms with Crippen molar-refractivity contribution >= 4 is 70.0 Å². The molecular formula is C17H14INSe. The molecule has 0 spiro atoms. The van der Waals surface area contributed by atoms with Gasteiger partial charge in [0, 0.05) is 0 Å². The van der Waals surface area contributed by atoms with Crippen molar-refractivity contribution in [3.05, 3.63) is 60.7 Å². The van der Waals surface area contributed by atoms with Crippen LogP contribution in [0.15, 0.2) is 60.7 Å². The number of benzene rings is 3. The van der Waals surface area contributed by atoms with Gasteiger partial charge in [-0.15, -0.1) is 24.0 Å². The molecular weight excluding hydrogens is 424 g/mol. The predicted octanol–water partition coefficient (Wildman–Crippen LogP) is 3.19. The molecule has 4 rings (SSSR count). The van der Waals surface area contributed by atoms with E-state index in [-0.39, 0.29) is 24.0 Å². The van der Waals surface area contributed by atoms with Crippen molar-refractivity contribution in [2.24, 2.45) is 0 Å². The molecule has 3 heteroatoms. The number of halogens is 1. The Morgan fingerprint density at radius 3 is 2.20 bits per heavy atom. The third-order valence-electron chi connectivity index (χ3n) is 3.64. The van der Waals surface area contributed by atoms with Crippen LogP contribution in [-0.2, 0) is 0 Å². The number of hydrogen-bond donors (Lipinski definition) is 0. The van der Waals surface area contributed by atoms with Crippen LogP contribution in [0.25, 0.3) is 10.8 Å². The van der Waals surface area contributed by atoms with Gasteiger partial charge in [0.15, 0.2) is 0 Å². The summed E-state index contributed by atoms with van der Waals surface area (Å²) in [4.78, 5) is 2.32. The quantitative estimate of drug-likeness (QED) is 0.385. The summed E-state index contributed by atoms with van der Waals surface area (Å²) in [5.74, 6) is 0. The molecule has 20 heavy (non-hydrogen) atoms. The van der Waals surface area contributed by atoms with Crippen molar-refractivity contribution in [2.45, 2.75) is 0 Å². The molecule has 0 aliphatic carbocycles. The molecule has 1 heterocycles. The molecule has 3 aromatic rings. The Morgan fingerprint density at radius 1 is 0.750 bits per heavy atom. The molecule has 1 aliphatic heterocycles. The zero-order chi connectivity index (χ0) is 12.8. The van der Waals surface area contributed by atoms with Gasteiger partial charge in [0.25, 0.3) is 0 Å². The Hall–Kier alpha value is -1.03. The first-order chi connectivity index (χ1) is 9.33. The molecule has 0 atom stereocenters. The largest absolute Gasteiger partial charge is 0.107 e. The molecule has 0 unspecified atom stereocenters. The first-order valence-corrected chi connectivity index (χ1v) is 8.08. The van der Waals surface area contributed by atoms with Crippen LogP contribution in [0.1, 0.15) is 0 Å². The van der Waals surface area contributed by atoms with Gasteiger partial charge in [-0.25, -0.2) is 0 Å². The van der Waals surface area contributed by atoms with Gasteiger partial charge < -0.3 is 0 Å². The third kappa shape index (κ3) is 2.14. The summed E-state index contributed by atoms with van der Waals surface area (Å²) in [5.41, 5.74) is 2.71. The Bertz CT molecular complexity index is 785. The fourth-order valence-corrected chi connectivity index (χ4v) is 5.09. The minimum Gasteiger partial charge on any atom is -0.107 e. The van der Waals surface area contributed by atoms with Crippen LogP contribution in [0.3, 0.4) is 0 Å². The molecule has 0 aromatic heterocycles. The normalized spacial score (nSPS) is 12.6. The maximum atomic E-state index is 2.36. The molecule has 0 amide bonds. The first-order valence-electron chi connectivity index (χ1n) is 6.36. The van der Waals surface area contributed by atoms with Crippen LogP contribution in [0.5, 0.6) is 0 Å².